The van der Waals surface area contributed by atoms with E-state index in [2.05, 4.69) is 5.32 Å². The number of aliphatic hydroxyl groups is 1. The van der Waals surface area contributed by atoms with E-state index in [0.717, 1.165) is 36.8 Å². The lowest BCUT2D eigenvalue weighted by Crippen LogP contribution is -2.48. The number of nitrogens with one attached hydrogen (secondary N) is 1. The zero-order chi connectivity index (χ0) is 24.0. The normalized spacial score (nSPS) is 17.1. The summed E-state index contributed by atoms with van der Waals surface area (Å²) < 4.78 is 28.0. The molecule has 1 aliphatic rings. The number of carbonyl (C=O) groups is 1. The van der Waals surface area contributed by atoms with Crippen LogP contribution in [-0.4, -0.2) is 29.6 Å². The molecule has 2 N–H and O–H groups in total. The molecule has 1 saturated carbocycles. The maximum Gasteiger partial charge on any atom is 0.407 e. The molecule has 3 atom stereocenters. The van der Waals surface area contributed by atoms with Gasteiger partial charge >= 0.3 is 14.8 Å². The summed E-state index contributed by atoms with van der Waals surface area (Å²) in [5.41, 5.74) is 1.85. The lowest BCUT2D eigenvalue weighted by Gasteiger charge is -2.34. The molecule has 8 heteroatoms. The van der Waals surface area contributed by atoms with E-state index in [9.17, 15) is 14.5 Å². The zero-order valence-corrected chi connectivity index (χ0v) is 20.3. The summed E-state index contributed by atoms with van der Waals surface area (Å²) in [6.45, 7) is 0.442. The first kappa shape index (κ1) is 26.3. The van der Waals surface area contributed by atoms with Gasteiger partial charge in [-0.25, -0.2) is 9.36 Å². The van der Waals surface area contributed by atoms with E-state index in [0.29, 0.717) is 19.4 Å². The first-order valence-corrected chi connectivity index (χ1v) is 12.7. The summed E-state index contributed by atoms with van der Waals surface area (Å²) in [4.78, 5) is 12.6. The Kier molecular flexibility index (Phi) is 11.5. The van der Waals surface area contributed by atoms with Crippen molar-refractivity contribution in [3.63, 3.8) is 0 Å². The number of ether oxygens (including phenoxy) is 2. The minimum atomic E-state index is -0.998. The van der Waals surface area contributed by atoms with E-state index < -0.39 is 33.2 Å². The lowest BCUT2D eigenvalue weighted by molar-refractivity contribution is -0.115. The summed E-state index contributed by atoms with van der Waals surface area (Å²) in [7, 11) is -0.425. The van der Waals surface area contributed by atoms with Crippen molar-refractivity contribution < 1.29 is 28.5 Å². The largest absolute Gasteiger partial charge is 0.445 e. The summed E-state index contributed by atoms with van der Waals surface area (Å²) in [6.07, 6.45) is 3.90. The van der Waals surface area contributed by atoms with Crippen LogP contribution in [0.2, 0.25) is 0 Å². The van der Waals surface area contributed by atoms with Gasteiger partial charge in [0.15, 0.2) is 6.29 Å². The third-order valence-corrected chi connectivity index (χ3v) is 6.53. The molecule has 2 aromatic rings. The maximum absolute atomic E-state index is 12.6. The Hall–Kier alpha value is -2.31. The SMILES string of the molecule is O=POC(C1CCCCC1)C(CCC(O)OCc1ccccc1)NC(=O)OCc1ccccc1. The minimum absolute atomic E-state index is 0.150. The molecule has 3 unspecified atom stereocenters. The molecule has 0 saturated heterocycles. The van der Waals surface area contributed by atoms with Gasteiger partial charge in [-0.1, -0.05) is 79.9 Å². The number of amides is 1. The molecule has 1 fully saturated rings. The Morgan fingerprint density at radius 2 is 1.56 bits per heavy atom. The Morgan fingerprint density at radius 3 is 2.18 bits per heavy atom. The van der Waals surface area contributed by atoms with E-state index in [1.165, 1.54) is 6.42 Å². The van der Waals surface area contributed by atoms with Gasteiger partial charge in [0.25, 0.3) is 0 Å². The second-order valence-corrected chi connectivity index (χ2v) is 9.04. The highest BCUT2D eigenvalue weighted by Crippen LogP contribution is 2.32. The van der Waals surface area contributed by atoms with Crippen LogP contribution in [0, 0.1) is 5.92 Å². The second-order valence-electron chi connectivity index (χ2n) is 8.68. The highest BCUT2D eigenvalue weighted by molar-refractivity contribution is 7.17. The summed E-state index contributed by atoms with van der Waals surface area (Å²) >= 11 is 0. The number of aliphatic hydroxyl groups excluding tert-OH is 1. The average molecular weight is 488 g/mol. The molecule has 0 heterocycles. The molecule has 34 heavy (non-hydrogen) atoms. The smallest absolute Gasteiger partial charge is 0.407 e. The molecule has 0 aromatic heterocycles. The van der Waals surface area contributed by atoms with Gasteiger partial charge in [0.1, 0.15) is 6.61 Å². The number of hydrogen-bond acceptors (Lipinski definition) is 6. The highest BCUT2D eigenvalue weighted by Gasteiger charge is 2.33. The topological polar surface area (TPSA) is 94.1 Å². The zero-order valence-electron chi connectivity index (χ0n) is 19.4. The van der Waals surface area contributed by atoms with E-state index in [-0.39, 0.29) is 12.5 Å². The molecule has 0 aliphatic heterocycles. The molecule has 7 nitrogen and oxygen atoms in total. The van der Waals surface area contributed by atoms with Crippen LogP contribution in [-0.2, 0) is 31.8 Å². The van der Waals surface area contributed by atoms with Gasteiger partial charge in [-0.15, -0.1) is 0 Å². The van der Waals surface area contributed by atoms with Crippen LogP contribution in [0.1, 0.15) is 56.1 Å². The Labute approximate surface area is 203 Å². The molecule has 184 valence electrons. The van der Waals surface area contributed by atoms with Crippen molar-refractivity contribution in [2.75, 3.05) is 0 Å². The predicted octanol–water partition coefficient (Wildman–Crippen LogP) is 5.77. The van der Waals surface area contributed by atoms with Crippen molar-refractivity contribution in [3.05, 3.63) is 71.8 Å². The van der Waals surface area contributed by atoms with Gasteiger partial charge in [0, 0.05) is 6.42 Å². The van der Waals surface area contributed by atoms with E-state index >= 15 is 0 Å². The number of hydrogen-bond donors (Lipinski definition) is 2. The van der Waals surface area contributed by atoms with Crippen molar-refractivity contribution in [1.29, 1.82) is 0 Å². The summed E-state index contributed by atoms with van der Waals surface area (Å²) in [5, 5.41) is 13.3. The quantitative estimate of drug-likeness (QED) is 0.275. The van der Waals surface area contributed by atoms with Gasteiger partial charge in [0.05, 0.1) is 18.8 Å². The lowest BCUT2D eigenvalue weighted by atomic mass is 9.81. The maximum atomic E-state index is 12.6. The van der Waals surface area contributed by atoms with Gasteiger partial charge in [-0.2, -0.15) is 0 Å². The third-order valence-electron chi connectivity index (χ3n) is 6.20. The summed E-state index contributed by atoms with van der Waals surface area (Å²) in [5.74, 6) is 0.178. The fourth-order valence-electron chi connectivity index (χ4n) is 4.41. The van der Waals surface area contributed by atoms with Crippen LogP contribution in [0.25, 0.3) is 0 Å². The number of benzene rings is 2. The monoisotopic (exact) mass is 487 g/mol. The van der Waals surface area contributed by atoms with Crippen molar-refractivity contribution in [3.8, 4) is 0 Å². The average Bonchev–Trinajstić information content (AvgIpc) is 2.89. The van der Waals surface area contributed by atoms with Crippen molar-refractivity contribution in [1.82, 2.24) is 5.32 Å². The molecule has 0 spiro atoms. The first-order valence-electron chi connectivity index (χ1n) is 11.9. The van der Waals surface area contributed by atoms with Crippen LogP contribution < -0.4 is 5.32 Å². The predicted molar refractivity (Wildman–Crippen MR) is 129 cm³/mol. The Balaban J connectivity index is 1.59. The van der Waals surface area contributed by atoms with Crippen molar-refractivity contribution >= 4 is 14.8 Å². The molecular weight excluding hydrogens is 453 g/mol. The van der Waals surface area contributed by atoms with Crippen molar-refractivity contribution in [2.45, 2.75) is 76.6 Å². The van der Waals surface area contributed by atoms with Crippen LogP contribution in [0.15, 0.2) is 60.7 Å². The molecule has 2 aromatic carbocycles. The van der Waals surface area contributed by atoms with E-state index in [1.807, 2.05) is 60.7 Å². The first-order chi connectivity index (χ1) is 16.7. The van der Waals surface area contributed by atoms with Crippen LogP contribution in [0.3, 0.4) is 0 Å². The molecule has 1 amide bonds. The Morgan fingerprint density at radius 1 is 0.941 bits per heavy atom. The number of carbonyl (C=O) groups excluding carboxylic acids is 1. The Bertz CT molecular complexity index is 847. The van der Waals surface area contributed by atoms with Gasteiger partial charge < -0.3 is 19.9 Å². The van der Waals surface area contributed by atoms with E-state index in [1.54, 1.807) is 0 Å². The highest BCUT2D eigenvalue weighted by atomic mass is 31.1. The van der Waals surface area contributed by atoms with Crippen LogP contribution in [0.4, 0.5) is 4.79 Å². The van der Waals surface area contributed by atoms with E-state index in [4.69, 9.17) is 14.0 Å². The van der Waals surface area contributed by atoms with Crippen LogP contribution >= 0.6 is 8.69 Å². The summed E-state index contributed by atoms with van der Waals surface area (Å²) in [6, 6.07) is 18.6. The number of rotatable bonds is 13. The molecular formula is C26H34NO6P. The van der Waals surface area contributed by atoms with Gasteiger partial charge in [-0.3, -0.25) is 4.52 Å². The second kappa shape index (κ2) is 14.8. The van der Waals surface area contributed by atoms with Gasteiger partial charge in [-0.05, 0) is 36.3 Å². The fourth-order valence-corrected chi connectivity index (χ4v) is 4.83. The third kappa shape index (κ3) is 9.15. The number of alkyl carbamates (subject to hydrolysis) is 1. The molecule has 0 radical (unpaired) electrons. The van der Waals surface area contributed by atoms with Gasteiger partial charge in [0.2, 0.25) is 0 Å². The molecule has 3 rings (SSSR count). The minimum Gasteiger partial charge on any atom is -0.445 e. The molecule has 1 aliphatic carbocycles. The fraction of sp³-hybridized carbons (Fsp3) is 0.500. The van der Waals surface area contributed by atoms with Crippen LogP contribution in [0.5, 0.6) is 0 Å². The standard InChI is InChI=1S/C26H34NO6P/c28-24(31-18-20-10-4-1-5-11-20)17-16-23(25(33-34-30)22-14-8-3-9-15-22)27-26(29)32-19-21-12-6-2-7-13-21/h1-2,4-7,10-13,22-25,28H,3,8-9,14-19H2,(H,27,29). The molecule has 0 bridgehead atoms. The van der Waals surface area contributed by atoms with Crippen molar-refractivity contribution in [2.24, 2.45) is 5.92 Å².